The summed E-state index contributed by atoms with van der Waals surface area (Å²) in [6, 6.07) is 0. The fourth-order valence-electron chi connectivity index (χ4n) is 1.88. The molecule has 0 amide bonds. The second kappa shape index (κ2) is 4.60. The van der Waals surface area contributed by atoms with Crippen LogP contribution in [0.2, 0.25) is 0 Å². The smallest absolute Gasteiger partial charge is 0.189 e. The van der Waals surface area contributed by atoms with Crippen LogP contribution in [-0.2, 0) is 14.1 Å². The largest absolute Gasteiger partial charge is 0.289 e. The van der Waals surface area contributed by atoms with E-state index in [1.807, 2.05) is 27.1 Å². The van der Waals surface area contributed by atoms with Gasteiger partial charge in [-0.3, -0.25) is 14.2 Å². The van der Waals surface area contributed by atoms with Gasteiger partial charge in [-0.2, -0.15) is 10.2 Å². The Morgan fingerprint density at radius 3 is 2.22 bits per heavy atom. The van der Waals surface area contributed by atoms with Crippen LogP contribution < -0.4 is 0 Å². The predicted octanol–water partition coefficient (Wildman–Crippen LogP) is 1.67. The minimum absolute atomic E-state index is 0.0381. The molecule has 2 aromatic heterocycles. The molecule has 0 spiro atoms. The molecular formula is C13H16N4O. The summed E-state index contributed by atoms with van der Waals surface area (Å²) in [6.07, 6.45) is 6.97. The van der Waals surface area contributed by atoms with Crippen LogP contribution >= 0.6 is 0 Å². The molecule has 2 heterocycles. The Bertz CT molecular complexity index is 619. The van der Waals surface area contributed by atoms with Gasteiger partial charge in [-0.1, -0.05) is 0 Å². The van der Waals surface area contributed by atoms with Crippen LogP contribution in [0.25, 0.3) is 6.08 Å². The molecule has 0 atom stereocenters. The van der Waals surface area contributed by atoms with Crippen LogP contribution in [-0.4, -0.2) is 25.3 Å². The number of nitrogens with zero attached hydrogens (tertiary/aromatic N) is 4. The van der Waals surface area contributed by atoms with E-state index in [0.29, 0.717) is 5.56 Å². The minimum Gasteiger partial charge on any atom is -0.289 e. The Morgan fingerprint density at radius 2 is 1.72 bits per heavy atom. The molecule has 5 nitrogen and oxygen atoms in total. The van der Waals surface area contributed by atoms with Gasteiger partial charge in [-0.25, -0.2) is 0 Å². The maximum atomic E-state index is 12.0. The van der Waals surface area contributed by atoms with Crippen molar-refractivity contribution >= 4 is 11.9 Å². The first-order valence-electron chi connectivity index (χ1n) is 5.70. The molecule has 5 heteroatoms. The predicted molar refractivity (Wildman–Crippen MR) is 69.3 cm³/mol. The zero-order chi connectivity index (χ0) is 13.3. The van der Waals surface area contributed by atoms with Crippen LogP contribution in [0.5, 0.6) is 0 Å². The van der Waals surface area contributed by atoms with E-state index in [0.717, 1.165) is 17.0 Å². The average Bonchev–Trinajstić information content (AvgIpc) is 2.78. The van der Waals surface area contributed by atoms with Gasteiger partial charge < -0.3 is 0 Å². The van der Waals surface area contributed by atoms with E-state index in [2.05, 4.69) is 10.2 Å². The van der Waals surface area contributed by atoms with Gasteiger partial charge in [0.15, 0.2) is 5.78 Å². The van der Waals surface area contributed by atoms with Gasteiger partial charge in [0.25, 0.3) is 0 Å². The van der Waals surface area contributed by atoms with Gasteiger partial charge in [0.1, 0.15) is 0 Å². The van der Waals surface area contributed by atoms with Crippen LogP contribution in [0.15, 0.2) is 18.5 Å². The van der Waals surface area contributed by atoms with Crippen LogP contribution in [0.1, 0.15) is 27.3 Å². The van der Waals surface area contributed by atoms with Crippen LogP contribution in [0, 0.1) is 13.8 Å². The third kappa shape index (κ3) is 2.40. The summed E-state index contributed by atoms with van der Waals surface area (Å²) < 4.78 is 3.38. The van der Waals surface area contributed by atoms with Gasteiger partial charge in [-0.05, 0) is 26.0 Å². The van der Waals surface area contributed by atoms with Gasteiger partial charge in [-0.15, -0.1) is 0 Å². The monoisotopic (exact) mass is 244 g/mol. The summed E-state index contributed by atoms with van der Waals surface area (Å²) in [4.78, 5) is 12.0. The summed E-state index contributed by atoms with van der Waals surface area (Å²) in [5.74, 6) is -0.0381. The lowest BCUT2D eigenvalue weighted by Crippen LogP contribution is -1.94. The summed E-state index contributed by atoms with van der Waals surface area (Å²) in [7, 11) is 3.66. The standard InChI is InChI=1S/C13H16N4O/c1-9-11(7-16(3)14-9)5-6-13(18)12-8-17(4)15-10(12)2/h5-8H,1-4H3/b6-5+. The summed E-state index contributed by atoms with van der Waals surface area (Å²) in [6.45, 7) is 3.75. The van der Waals surface area contributed by atoms with Crippen molar-refractivity contribution in [3.63, 3.8) is 0 Å². The van der Waals surface area contributed by atoms with Crippen LogP contribution in [0.3, 0.4) is 0 Å². The zero-order valence-electron chi connectivity index (χ0n) is 11.0. The second-order valence-corrected chi connectivity index (χ2v) is 4.34. The van der Waals surface area contributed by atoms with Crippen molar-refractivity contribution in [2.75, 3.05) is 0 Å². The summed E-state index contributed by atoms with van der Waals surface area (Å²) in [5, 5.41) is 8.38. The molecule has 0 aliphatic heterocycles. The first-order valence-corrected chi connectivity index (χ1v) is 5.70. The highest BCUT2D eigenvalue weighted by Crippen LogP contribution is 2.10. The van der Waals surface area contributed by atoms with Crippen molar-refractivity contribution in [2.45, 2.75) is 13.8 Å². The van der Waals surface area contributed by atoms with E-state index in [1.54, 1.807) is 34.8 Å². The lowest BCUT2D eigenvalue weighted by molar-refractivity contribution is 0.104. The molecule has 0 aliphatic carbocycles. The number of aromatic nitrogens is 4. The number of carbonyl (C=O) groups excluding carboxylic acids is 1. The molecule has 0 bridgehead atoms. The highest BCUT2D eigenvalue weighted by atomic mass is 16.1. The lowest BCUT2D eigenvalue weighted by Gasteiger charge is -1.91. The molecular weight excluding hydrogens is 228 g/mol. The number of hydrogen-bond acceptors (Lipinski definition) is 3. The maximum Gasteiger partial charge on any atom is 0.189 e. The fourth-order valence-corrected chi connectivity index (χ4v) is 1.88. The van der Waals surface area contributed by atoms with Crippen molar-refractivity contribution in [3.8, 4) is 0 Å². The Morgan fingerprint density at radius 1 is 1.11 bits per heavy atom. The van der Waals surface area contributed by atoms with Gasteiger partial charge in [0.2, 0.25) is 0 Å². The molecule has 0 aliphatic rings. The molecule has 0 radical (unpaired) electrons. The summed E-state index contributed by atoms with van der Waals surface area (Å²) >= 11 is 0. The number of ketones is 1. The number of allylic oxidation sites excluding steroid dienone is 1. The van der Waals surface area contributed by atoms with E-state index < -0.39 is 0 Å². The average molecular weight is 244 g/mol. The summed E-state index contributed by atoms with van der Waals surface area (Å²) in [5.41, 5.74) is 3.24. The minimum atomic E-state index is -0.0381. The van der Waals surface area contributed by atoms with Crippen molar-refractivity contribution < 1.29 is 4.79 Å². The molecule has 0 unspecified atom stereocenters. The topological polar surface area (TPSA) is 52.7 Å². The Kier molecular flexibility index (Phi) is 3.14. The molecule has 0 fully saturated rings. The quantitative estimate of drug-likeness (QED) is 0.609. The second-order valence-electron chi connectivity index (χ2n) is 4.34. The fraction of sp³-hybridized carbons (Fsp3) is 0.308. The van der Waals surface area contributed by atoms with Gasteiger partial charge in [0, 0.05) is 32.1 Å². The highest BCUT2D eigenvalue weighted by molar-refractivity contribution is 6.07. The highest BCUT2D eigenvalue weighted by Gasteiger charge is 2.09. The number of rotatable bonds is 3. The normalized spacial score (nSPS) is 11.3. The lowest BCUT2D eigenvalue weighted by atomic mass is 10.1. The van der Waals surface area contributed by atoms with Crippen molar-refractivity contribution in [3.05, 3.63) is 41.0 Å². The van der Waals surface area contributed by atoms with E-state index in [1.165, 1.54) is 0 Å². The van der Waals surface area contributed by atoms with E-state index in [4.69, 9.17) is 0 Å². The van der Waals surface area contributed by atoms with Gasteiger partial charge in [0.05, 0.1) is 17.0 Å². The Balaban J connectivity index is 2.22. The maximum absolute atomic E-state index is 12.0. The first kappa shape index (κ1) is 12.3. The van der Waals surface area contributed by atoms with Crippen molar-refractivity contribution in [2.24, 2.45) is 14.1 Å². The molecule has 2 aromatic rings. The molecule has 0 aromatic carbocycles. The first-order chi connectivity index (χ1) is 8.47. The Labute approximate surface area is 106 Å². The third-order valence-electron chi connectivity index (χ3n) is 2.74. The van der Waals surface area contributed by atoms with Crippen LogP contribution in [0.4, 0.5) is 0 Å². The van der Waals surface area contributed by atoms with E-state index in [9.17, 15) is 4.79 Å². The molecule has 18 heavy (non-hydrogen) atoms. The third-order valence-corrected chi connectivity index (χ3v) is 2.74. The number of aryl methyl sites for hydroxylation is 4. The SMILES string of the molecule is Cc1nn(C)cc1/C=C/C(=O)c1cn(C)nc1C. The van der Waals surface area contributed by atoms with Gasteiger partial charge >= 0.3 is 0 Å². The van der Waals surface area contributed by atoms with E-state index in [-0.39, 0.29) is 5.78 Å². The van der Waals surface area contributed by atoms with E-state index >= 15 is 0 Å². The number of hydrogen-bond donors (Lipinski definition) is 0. The number of carbonyl (C=O) groups is 1. The molecule has 2 rings (SSSR count). The molecule has 0 N–H and O–H groups in total. The molecule has 0 saturated heterocycles. The van der Waals surface area contributed by atoms with Crippen molar-refractivity contribution in [1.82, 2.24) is 19.6 Å². The Hall–Kier alpha value is -2.17. The van der Waals surface area contributed by atoms with Crippen molar-refractivity contribution in [1.29, 1.82) is 0 Å². The molecule has 0 saturated carbocycles. The zero-order valence-corrected chi connectivity index (χ0v) is 11.0. The molecule has 94 valence electrons.